The van der Waals surface area contributed by atoms with Gasteiger partial charge in [0.25, 0.3) is 5.91 Å². The number of nitrogens with one attached hydrogen (secondary N) is 1. The normalized spacial score (nSPS) is 9.57. The summed E-state index contributed by atoms with van der Waals surface area (Å²) in [5.74, 6) is -0.553. The van der Waals surface area contributed by atoms with Crippen molar-refractivity contribution in [3.05, 3.63) is 34.3 Å². The molecule has 0 saturated carbocycles. The summed E-state index contributed by atoms with van der Waals surface area (Å²) in [6.45, 7) is 1.80. The minimum Gasteiger partial charge on any atom is -0.351 e. The summed E-state index contributed by atoms with van der Waals surface area (Å²) >= 11 is 5.73. The van der Waals surface area contributed by atoms with Gasteiger partial charge in [0.05, 0.1) is 0 Å². The van der Waals surface area contributed by atoms with E-state index in [0.717, 1.165) is 5.56 Å². The lowest BCUT2D eigenvalue weighted by Crippen LogP contribution is -2.34. The Morgan fingerprint density at radius 3 is 2.50 bits per heavy atom. The van der Waals surface area contributed by atoms with Crippen LogP contribution in [0.25, 0.3) is 0 Å². The highest BCUT2D eigenvalue weighted by molar-refractivity contribution is 6.31. The molecule has 3 amide bonds. The molecule has 0 atom stereocenters. The lowest BCUT2D eigenvalue weighted by atomic mass is 10.1. The maximum atomic E-state index is 11.3. The first kappa shape index (κ1) is 10.5. The van der Waals surface area contributed by atoms with Crippen molar-refractivity contribution in [2.45, 2.75) is 6.92 Å². The minimum atomic E-state index is -0.882. The second kappa shape index (κ2) is 4.11. The Kier molecular flexibility index (Phi) is 3.09. The van der Waals surface area contributed by atoms with E-state index in [1.54, 1.807) is 19.1 Å². The van der Waals surface area contributed by atoms with E-state index in [1.165, 1.54) is 6.07 Å². The van der Waals surface area contributed by atoms with Crippen molar-refractivity contribution in [3.8, 4) is 0 Å². The zero-order valence-corrected chi connectivity index (χ0v) is 8.26. The maximum Gasteiger partial charge on any atom is 0.319 e. The van der Waals surface area contributed by atoms with Crippen molar-refractivity contribution in [2.24, 2.45) is 5.73 Å². The number of amides is 3. The van der Waals surface area contributed by atoms with Crippen LogP contribution >= 0.6 is 11.6 Å². The Labute approximate surface area is 86.0 Å². The van der Waals surface area contributed by atoms with Crippen LogP contribution in [0.5, 0.6) is 0 Å². The summed E-state index contributed by atoms with van der Waals surface area (Å²) in [6.07, 6.45) is 0. The van der Waals surface area contributed by atoms with Crippen molar-refractivity contribution < 1.29 is 9.59 Å². The van der Waals surface area contributed by atoms with E-state index in [-0.39, 0.29) is 0 Å². The average molecular weight is 213 g/mol. The van der Waals surface area contributed by atoms with Gasteiger partial charge in [0, 0.05) is 10.6 Å². The molecule has 0 fully saturated rings. The highest BCUT2D eigenvalue weighted by Crippen LogP contribution is 2.14. The zero-order valence-electron chi connectivity index (χ0n) is 7.50. The number of benzene rings is 1. The van der Waals surface area contributed by atoms with Crippen LogP contribution in [-0.4, -0.2) is 11.9 Å². The Bertz CT molecular complexity index is 370. The van der Waals surface area contributed by atoms with E-state index in [0.29, 0.717) is 10.6 Å². The number of primary amides is 1. The molecule has 0 heterocycles. The van der Waals surface area contributed by atoms with E-state index >= 15 is 0 Å². The van der Waals surface area contributed by atoms with Gasteiger partial charge in [0.2, 0.25) is 0 Å². The topological polar surface area (TPSA) is 72.2 Å². The molecule has 5 heteroatoms. The lowest BCUT2D eigenvalue weighted by molar-refractivity contribution is 0.0966. The molecule has 0 spiro atoms. The van der Waals surface area contributed by atoms with Gasteiger partial charge >= 0.3 is 6.03 Å². The van der Waals surface area contributed by atoms with Gasteiger partial charge in [-0.15, -0.1) is 0 Å². The van der Waals surface area contributed by atoms with E-state index in [9.17, 15) is 9.59 Å². The number of carbonyl (C=O) groups is 2. The largest absolute Gasteiger partial charge is 0.351 e. The molecule has 0 unspecified atom stereocenters. The first-order valence-electron chi connectivity index (χ1n) is 3.87. The Morgan fingerprint density at radius 2 is 2.00 bits per heavy atom. The van der Waals surface area contributed by atoms with Gasteiger partial charge in [-0.05, 0) is 30.7 Å². The number of rotatable bonds is 1. The summed E-state index contributed by atoms with van der Waals surface area (Å²) in [4.78, 5) is 21.7. The highest BCUT2D eigenvalue weighted by atomic mass is 35.5. The lowest BCUT2D eigenvalue weighted by Gasteiger charge is -2.02. The molecule has 1 rings (SSSR count). The van der Waals surface area contributed by atoms with Crippen molar-refractivity contribution in [3.63, 3.8) is 0 Å². The third kappa shape index (κ3) is 2.74. The quantitative estimate of drug-likeness (QED) is 0.740. The van der Waals surface area contributed by atoms with Crippen molar-refractivity contribution in [1.29, 1.82) is 0 Å². The number of aryl methyl sites for hydroxylation is 1. The molecular weight excluding hydrogens is 204 g/mol. The maximum absolute atomic E-state index is 11.3. The Balaban J connectivity index is 2.95. The predicted molar refractivity (Wildman–Crippen MR) is 53.2 cm³/mol. The van der Waals surface area contributed by atoms with Gasteiger partial charge in [-0.25, -0.2) is 4.79 Å². The fourth-order valence-electron chi connectivity index (χ4n) is 1.05. The molecule has 0 aliphatic carbocycles. The van der Waals surface area contributed by atoms with Crippen LogP contribution in [0.1, 0.15) is 15.9 Å². The monoisotopic (exact) mass is 212 g/mol. The molecule has 1 aromatic rings. The summed E-state index contributed by atoms with van der Waals surface area (Å²) < 4.78 is 0. The molecule has 4 nitrogen and oxygen atoms in total. The van der Waals surface area contributed by atoms with Crippen LogP contribution in [0.3, 0.4) is 0 Å². The van der Waals surface area contributed by atoms with Crippen LogP contribution in [0, 0.1) is 6.92 Å². The van der Waals surface area contributed by atoms with Crippen LogP contribution < -0.4 is 11.1 Å². The van der Waals surface area contributed by atoms with Gasteiger partial charge in [0.1, 0.15) is 0 Å². The Hall–Kier alpha value is -1.55. The van der Waals surface area contributed by atoms with E-state index < -0.39 is 11.9 Å². The van der Waals surface area contributed by atoms with Crippen LogP contribution in [-0.2, 0) is 0 Å². The van der Waals surface area contributed by atoms with E-state index in [4.69, 9.17) is 17.3 Å². The van der Waals surface area contributed by atoms with Gasteiger partial charge in [-0.1, -0.05) is 11.6 Å². The van der Waals surface area contributed by atoms with Crippen LogP contribution in [0.15, 0.2) is 18.2 Å². The van der Waals surface area contributed by atoms with Gasteiger partial charge < -0.3 is 5.73 Å². The summed E-state index contributed by atoms with van der Waals surface area (Å²) in [6, 6.07) is 3.91. The minimum absolute atomic E-state index is 0.314. The summed E-state index contributed by atoms with van der Waals surface area (Å²) in [7, 11) is 0. The first-order chi connectivity index (χ1) is 6.49. The average Bonchev–Trinajstić information content (AvgIpc) is 2.00. The number of imide groups is 1. The number of hydrogen-bond donors (Lipinski definition) is 2. The molecule has 3 N–H and O–H groups in total. The fraction of sp³-hybridized carbons (Fsp3) is 0.111. The number of urea groups is 1. The van der Waals surface area contributed by atoms with Crippen molar-refractivity contribution >= 4 is 23.5 Å². The molecule has 0 aromatic heterocycles. The smallest absolute Gasteiger partial charge is 0.319 e. The van der Waals surface area contributed by atoms with E-state index in [1.807, 2.05) is 5.32 Å². The molecule has 0 saturated heterocycles. The van der Waals surface area contributed by atoms with Crippen LogP contribution in [0.2, 0.25) is 5.02 Å². The summed E-state index contributed by atoms with van der Waals surface area (Å²) in [5.41, 5.74) is 5.96. The fourth-order valence-corrected chi connectivity index (χ4v) is 1.34. The molecule has 0 aliphatic heterocycles. The van der Waals surface area contributed by atoms with Gasteiger partial charge in [0.15, 0.2) is 0 Å². The van der Waals surface area contributed by atoms with Crippen molar-refractivity contribution in [1.82, 2.24) is 5.32 Å². The molecule has 14 heavy (non-hydrogen) atoms. The molecule has 0 aliphatic rings. The van der Waals surface area contributed by atoms with Crippen molar-refractivity contribution in [2.75, 3.05) is 0 Å². The number of carbonyl (C=O) groups excluding carboxylic acids is 2. The second-order valence-corrected chi connectivity index (χ2v) is 3.27. The number of hydrogen-bond acceptors (Lipinski definition) is 2. The standard InChI is InChI=1S/C9H9ClN2O2/c1-5-2-6(4-7(10)3-5)8(13)12-9(11)14/h2-4H,1H3,(H3,11,12,13,14). The van der Waals surface area contributed by atoms with Gasteiger partial charge in [-0.2, -0.15) is 0 Å². The third-order valence-corrected chi connectivity index (χ3v) is 1.76. The molecule has 74 valence electrons. The zero-order chi connectivity index (χ0) is 10.7. The van der Waals surface area contributed by atoms with Crippen LogP contribution in [0.4, 0.5) is 4.79 Å². The molecular formula is C9H9ClN2O2. The highest BCUT2D eigenvalue weighted by Gasteiger charge is 2.08. The SMILES string of the molecule is Cc1cc(Cl)cc(C(=O)NC(N)=O)c1. The molecule has 0 radical (unpaired) electrons. The van der Waals surface area contributed by atoms with E-state index in [2.05, 4.69) is 0 Å². The predicted octanol–water partition coefficient (Wildman–Crippen LogP) is 1.46. The first-order valence-corrected chi connectivity index (χ1v) is 4.25. The summed E-state index contributed by atoms with van der Waals surface area (Å²) in [5, 5.41) is 2.40. The number of nitrogens with two attached hydrogens (primary N) is 1. The second-order valence-electron chi connectivity index (χ2n) is 2.84. The third-order valence-electron chi connectivity index (χ3n) is 1.54. The number of halogens is 1. The van der Waals surface area contributed by atoms with Gasteiger partial charge in [-0.3, -0.25) is 10.1 Å². The Morgan fingerprint density at radius 1 is 1.36 bits per heavy atom. The molecule has 0 bridgehead atoms. The molecule has 1 aromatic carbocycles.